The van der Waals surface area contributed by atoms with Crippen molar-refractivity contribution in [2.24, 2.45) is 0 Å². The van der Waals surface area contributed by atoms with E-state index in [-0.39, 0.29) is 12.2 Å². The highest BCUT2D eigenvalue weighted by molar-refractivity contribution is 5.83. The van der Waals surface area contributed by atoms with Gasteiger partial charge in [-0.3, -0.25) is 4.79 Å². The van der Waals surface area contributed by atoms with Gasteiger partial charge in [0.1, 0.15) is 12.2 Å². The Morgan fingerprint density at radius 2 is 1.40 bits per heavy atom. The summed E-state index contributed by atoms with van der Waals surface area (Å²) in [4.78, 5) is 11.5. The molecule has 3 N–H and O–H groups in total. The lowest BCUT2D eigenvalue weighted by Gasteiger charge is -2.13. The molecule has 0 aromatic rings. The second kappa shape index (κ2) is 17.8. The maximum Gasteiger partial charge on any atom is 0.164 e. The molecule has 0 rings (SSSR count). The highest BCUT2D eigenvalue weighted by Gasteiger charge is 2.22. The topological polar surface area (TPSA) is 77.8 Å². The molecule has 0 heterocycles. The van der Waals surface area contributed by atoms with Crippen LogP contribution in [0.2, 0.25) is 0 Å². The van der Waals surface area contributed by atoms with Crippen molar-refractivity contribution >= 4 is 5.78 Å². The monoisotopic (exact) mass is 354 g/mol. The SMILES string of the molecule is CCCCCC=CCC=CCCCCCCCC(=O)C(O)C(O)CO. The molecule has 0 bridgehead atoms. The molecule has 0 amide bonds. The predicted octanol–water partition coefficient (Wildman–Crippen LogP) is 4.08. The van der Waals surface area contributed by atoms with E-state index >= 15 is 0 Å². The van der Waals surface area contributed by atoms with Gasteiger partial charge in [-0.05, 0) is 38.5 Å². The molecule has 0 saturated carbocycles. The molecule has 0 aliphatic carbocycles. The number of unbranched alkanes of at least 4 members (excludes halogenated alkanes) is 8. The Balaban J connectivity index is 3.41. The highest BCUT2D eigenvalue weighted by atomic mass is 16.4. The number of aliphatic hydroxyl groups is 3. The van der Waals surface area contributed by atoms with Crippen LogP contribution in [0.4, 0.5) is 0 Å². The maximum atomic E-state index is 11.5. The third kappa shape index (κ3) is 15.0. The van der Waals surface area contributed by atoms with Crippen LogP contribution < -0.4 is 0 Å². The molecule has 146 valence electrons. The molecule has 2 atom stereocenters. The van der Waals surface area contributed by atoms with Crippen molar-refractivity contribution in [1.82, 2.24) is 0 Å². The average Bonchev–Trinajstić information content (AvgIpc) is 2.63. The average molecular weight is 355 g/mol. The van der Waals surface area contributed by atoms with Crippen LogP contribution >= 0.6 is 0 Å². The standard InChI is InChI=1S/C21H38O4/c1-2-3-4-5-6-7-8-9-10-11-12-13-14-15-16-17-19(23)21(25)20(24)18-22/h6-7,9-10,20-22,24-25H,2-5,8,11-18H2,1H3. The molecule has 0 aliphatic heterocycles. The third-order valence-corrected chi connectivity index (χ3v) is 4.26. The van der Waals surface area contributed by atoms with Gasteiger partial charge in [0.2, 0.25) is 0 Å². The molecule has 0 aromatic heterocycles. The Kier molecular flexibility index (Phi) is 17.1. The summed E-state index contributed by atoms with van der Waals surface area (Å²) in [5.41, 5.74) is 0. The van der Waals surface area contributed by atoms with E-state index in [1.165, 1.54) is 25.7 Å². The third-order valence-electron chi connectivity index (χ3n) is 4.26. The summed E-state index contributed by atoms with van der Waals surface area (Å²) in [6.45, 7) is 1.63. The van der Waals surface area contributed by atoms with Crippen molar-refractivity contribution in [3.63, 3.8) is 0 Å². The smallest absolute Gasteiger partial charge is 0.164 e. The van der Waals surface area contributed by atoms with Crippen molar-refractivity contribution < 1.29 is 20.1 Å². The minimum absolute atomic E-state index is 0.267. The van der Waals surface area contributed by atoms with Crippen LogP contribution in [0.1, 0.15) is 84.0 Å². The van der Waals surface area contributed by atoms with Crippen LogP contribution in [0.5, 0.6) is 0 Å². The van der Waals surface area contributed by atoms with Gasteiger partial charge in [0.05, 0.1) is 6.61 Å². The Morgan fingerprint density at radius 1 is 0.840 bits per heavy atom. The summed E-state index contributed by atoms with van der Waals surface area (Å²) in [6.07, 6.45) is 18.7. The Morgan fingerprint density at radius 3 is 2.00 bits per heavy atom. The Bertz CT molecular complexity index is 363. The van der Waals surface area contributed by atoms with Gasteiger partial charge in [-0.1, -0.05) is 63.3 Å². The number of allylic oxidation sites excluding steroid dienone is 4. The van der Waals surface area contributed by atoms with Gasteiger partial charge < -0.3 is 15.3 Å². The van der Waals surface area contributed by atoms with E-state index in [4.69, 9.17) is 5.11 Å². The summed E-state index contributed by atoms with van der Waals surface area (Å²) in [7, 11) is 0. The first-order valence-electron chi connectivity index (χ1n) is 9.93. The van der Waals surface area contributed by atoms with E-state index in [9.17, 15) is 15.0 Å². The fourth-order valence-corrected chi connectivity index (χ4v) is 2.57. The first kappa shape index (κ1) is 24.0. The van der Waals surface area contributed by atoms with Crippen LogP contribution in [0.25, 0.3) is 0 Å². The molecule has 0 aliphatic rings. The first-order chi connectivity index (χ1) is 12.1. The number of carbonyl (C=O) groups is 1. The fraction of sp³-hybridized carbons (Fsp3) is 0.762. The predicted molar refractivity (Wildman–Crippen MR) is 103 cm³/mol. The van der Waals surface area contributed by atoms with Crippen LogP contribution in [0, 0.1) is 0 Å². The number of hydrogen-bond donors (Lipinski definition) is 3. The van der Waals surface area contributed by atoms with E-state index < -0.39 is 18.8 Å². The van der Waals surface area contributed by atoms with Crippen LogP contribution in [0.3, 0.4) is 0 Å². The molecule has 0 spiro atoms. The van der Waals surface area contributed by atoms with Gasteiger partial charge in [0.15, 0.2) is 5.78 Å². The zero-order chi connectivity index (χ0) is 18.8. The van der Waals surface area contributed by atoms with Crippen molar-refractivity contribution in [3.8, 4) is 0 Å². The van der Waals surface area contributed by atoms with Crippen LogP contribution in [-0.2, 0) is 4.79 Å². The number of ketones is 1. The van der Waals surface area contributed by atoms with E-state index in [1.807, 2.05) is 0 Å². The first-order valence-corrected chi connectivity index (χ1v) is 9.93. The number of rotatable bonds is 17. The second-order valence-corrected chi connectivity index (χ2v) is 6.64. The van der Waals surface area contributed by atoms with Crippen molar-refractivity contribution in [1.29, 1.82) is 0 Å². The lowest BCUT2D eigenvalue weighted by Crippen LogP contribution is -2.36. The number of hydrogen-bond acceptors (Lipinski definition) is 4. The summed E-state index contributed by atoms with van der Waals surface area (Å²) < 4.78 is 0. The number of aliphatic hydroxyl groups excluding tert-OH is 3. The summed E-state index contributed by atoms with van der Waals surface area (Å²) in [5, 5.41) is 27.3. The summed E-state index contributed by atoms with van der Waals surface area (Å²) >= 11 is 0. The van der Waals surface area contributed by atoms with Gasteiger partial charge >= 0.3 is 0 Å². The van der Waals surface area contributed by atoms with Gasteiger partial charge in [0.25, 0.3) is 0 Å². The van der Waals surface area contributed by atoms with Crippen molar-refractivity contribution in [2.75, 3.05) is 6.61 Å². The molecule has 0 aromatic carbocycles. The van der Waals surface area contributed by atoms with Crippen molar-refractivity contribution in [3.05, 3.63) is 24.3 Å². The van der Waals surface area contributed by atoms with Crippen LogP contribution in [0.15, 0.2) is 24.3 Å². The summed E-state index contributed by atoms with van der Waals surface area (Å²) in [5.74, 6) is -0.382. The highest BCUT2D eigenvalue weighted by Crippen LogP contribution is 2.10. The molecule has 2 unspecified atom stereocenters. The molecule has 0 fully saturated rings. The minimum Gasteiger partial charge on any atom is -0.394 e. The molecule has 0 radical (unpaired) electrons. The van der Waals surface area contributed by atoms with E-state index in [1.54, 1.807) is 0 Å². The summed E-state index contributed by atoms with van der Waals surface area (Å²) in [6, 6.07) is 0. The molecule has 0 saturated heterocycles. The van der Waals surface area contributed by atoms with E-state index in [0.717, 1.165) is 44.9 Å². The van der Waals surface area contributed by atoms with Crippen molar-refractivity contribution in [2.45, 2.75) is 96.2 Å². The molecule has 25 heavy (non-hydrogen) atoms. The minimum atomic E-state index is -1.45. The maximum absolute atomic E-state index is 11.5. The van der Waals surface area contributed by atoms with E-state index in [2.05, 4.69) is 31.2 Å². The van der Waals surface area contributed by atoms with Gasteiger partial charge in [0, 0.05) is 6.42 Å². The second-order valence-electron chi connectivity index (χ2n) is 6.64. The van der Waals surface area contributed by atoms with Crippen LogP contribution in [-0.4, -0.2) is 39.9 Å². The number of Topliss-reactive ketones (excluding diaryl/α,β-unsaturated/α-hetero) is 1. The molecule has 4 heteroatoms. The van der Waals surface area contributed by atoms with Gasteiger partial charge in [-0.2, -0.15) is 0 Å². The molecular weight excluding hydrogens is 316 g/mol. The normalized spacial score (nSPS) is 14.4. The van der Waals surface area contributed by atoms with E-state index in [0.29, 0.717) is 0 Å². The van der Waals surface area contributed by atoms with Gasteiger partial charge in [-0.25, -0.2) is 0 Å². The quantitative estimate of drug-likeness (QED) is 0.272. The molecule has 4 nitrogen and oxygen atoms in total. The lowest BCUT2D eigenvalue weighted by atomic mass is 10.0. The molecular formula is C21H38O4. The Labute approximate surface area is 153 Å². The van der Waals surface area contributed by atoms with Gasteiger partial charge in [-0.15, -0.1) is 0 Å². The lowest BCUT2D eigenvalue weighted by molar-refractivity contribution is -0.134. The zero-order valence-corrected chi connectivity index (χ0v) is 15.9. The Hall–Kier alpha value is -0.970. The fourth-order valence-electron chi connectivity index (χ4n) is 2.57. The number of carbonyl (C=O) groups excluding carboxylic acids is 1. The zero-order valence-electron chi connectivity index (χ0n) is 15.9. The largest absolute Gasteiger partial charge is 0.394 e.